The molecular weight excluding hydrogens is 221 g/mol. The first kappa shape index (κ1) is 14.1. The molecule has 0 fully saturated rings. The van der Waals surface area contributed by atoms with Crippen molar-refractivity contribution in [3.05, 3.63) is 35.6 Å². The number of aliphatic hydroxyl groups is 2. The fourth-order valence-electron chi connectivity index (χ4n) is 1.63. The Hall–Kier alpha value is -0.970. The van der Waals surface area contributed by atoms with Crippen molar-refractivity contribution in [3.63, 3.8) is 0 Å². The molecule has 4 heteroatoms. The lowest BCUT2D eigenvalue weighted by atomic mass is 10.1. The molecule has 0 saturated carbocycles. The maximum Gasteiger partial charge on any atom is 0.129 e. The number of aliphatic hydroxyl groups excluding tert-OH is 2. The fourth-order valence-corrected chi connectivity index (χ4v) is 1.63. The van der Waals surface area contributed by atoms with Crippen LogP contribution in [0.3, 0.4) is 0 Å². The summed E-state index contributed by atoms with van der Waals surface area (Å²) in [5, 5.41) is 21.4. The van der Waals surface area contributed by atoms with E-state index in [9.17, 15) is 9.50 Å². The topological polar surface area (TPSA) is 52.5 Å². The van der Waals surface area contributed by atoms with Crippen molar-refractivity contribution in [1.82, 2.24) is 5.32 Å². The van der Waals surface area contributed by atoms with Gasteiger partial charge in [-0.3, -0.25) is 0 Å². The van der Waals surface area contributed by atoms with Crippen LogP contribution in [0, 0.1) is 5.82 Å². The first-order valence-corrected chi connectivity index (χ1v) is 5.99. The van der Waals surface area contributed by atoms with Gasteiger partial charge in [0, 0.05) is 18.7 Å². The maximum atomic E-state index is 13.3. The van der Waals surface area contributed by atoms with Gasteiger partial charge in [-0.2, -0.15) is 0 Å². The number of halogens is 1. The Labute approximate surface area is 101 Å². The lowest BCUT2D eigenvalue weighted by molar-refractivity contribution is 0.170. The van der Waals surface area contributed by atoms with E-state index in [2.05, 4.69) is 5.32 Å². The van der Waals surface area contributed by atoms with E-state index < -0.39 is 6.10 Å². The minimum absolute atomic E-state index is 0.220. The number of nitrogens with one attached hydrogen (secondary N) is 1. The third-order valence-electron chi connectivity index (χ3n) is 2.61. The largest absolute Gasteiger partial charge is 0.396 e. The minimum atomic E-state index is -0.811. The van der Waals surface area contributed by atoms with E-state index >= 15 is 0 Å². The van der Waals surface area contributed by atoms with Gasteiger partial charge in [0.15, 0.2) is 0 Å². The monoisotopic (exact) mass is 241 g/mol. The van der Waals surface area contributed by atoms with E-state index in [4.69, 9.17) is 5.11 Å². The van der Waals surface area contributed by atoms with Gasteiger partial charge in [-0.15, -0.1) is 0 Å². The maximum absolute atomic E-state index is 13.3. The summed E-state index contributed by atoms with van der Waals surface area (Å²) in [5.74, 6) is -0.373. The molecule has 0 radical (unpaired) electrons. The molecular formula is C13H20FNO2. The highest BCUT2D eigenvalue weighted by atomic mass is 19.1. The number of hydrogen-bond donors (Lipinski definition) is 3. The molecule has 1 unspecified atom stereocenters. The van der Waals surface area contributed by atoms with Crippen LogP contribution in [-0.4, -0.2) is 29.9 Å². The molecule has 0 aromatic heterocycles. The predicted molar refractivity (Wildman–Crippen MR) is 65.2 cm³/mol. The smallest absolute Gasteiger partial charge is 0.129 e. The molecule has 0 saturated heterocycles. The summed E-state index contributed by atoms with van der Waals surface area (Å²) in [7, 11) is 0. The molecule has 0 aliphatic carbocycles. The van der Waals surface area contributed by atoms with E-state index in [0.717, 1.165) is 25.8 Å². The Morgan fingerprint density at radius 3 is 2.65 bits per heavy atom. The summed E-state index contributed by atoms with van der Waals surface area (Å²) in [5.41, 5.74) is 0.329. The molecule has 3 N–H and O–H groups in total. The summed E-state index contributed by atoms with van der Waals surface area (Å²) in [6.07, 6.45) is 1.90. The van der Waals surface area contributed by atoms with Crippen LogP contribution in [0.15, 0.2) is 24.3 Å². The molecule has 1 aromatic carbocycles. The molecule has 0 spiro atoms. The Bertz CT molecular complexity index is 320. The van der Waals surface area contributed by atoms with Crippen LogP contribution in [0.4, 0.5) is 4.39 Å². The van der Waals surface area contributed by atoms with Crippen molar-refractivity contribution in [3.8, 4) is 0 Å². The zero-order valence-corrected chi connectivity index (χ0v) is 9.90. The number of hydrogen-bond acceptors (Lipinski definition) is 3. The van der Waals surface area contributed by atoms with Crippen molar-refractivity contribution in [2.24, 2.45) is 0 Å². The van der Waals surface area contributed by atoms with E-state index in [1.54, 1.807) is 18.2 Å². The number of unbranched alkanes of at least 4 members (excludes halogenated alkanes) is 2. The molecule has 1 atom stereocenters. The Morgan fingerprint density at radius 1 is 1.18 bits per heavy atom. The van der Waals surface area contributed by atoms with Gasteiger partial charge in [0.05, 0.1) is 6.10 Å². The van der Waals surface area contributed by atoms with Gasteiger partial charge in [-0.25, -0.2) is 4.39 Å². The Balaban J connectivity index is 2.21. The van der Waals surface area contributed by atoms with Gasteiger partial charge in [0.2, 0.25) is 0 Å². The van der Waals surface area contributed by atoms with Crippen LogP contribution in [0.1, 0.15) is 30.9 Å². The SMILES string of the molecule is OCCCCCNCC(O)c1ccccc1F. The lowest BCUT2D eigenvalue weighted by Crippen LogP contribution is -2.23. The van der Waals surface area contributed by atoms with Crippen LogP contribution in [-0.2, 0) is 0 Å². The van der Waals surface area contributed by atoms with Crippen molar-refractivity contribution >= 4 is 0 Å². The van der Waals surface area contributed by atoms with Crippen LogP contribution in [0.5, 0.6) is 0 Å². The molecule has 17 heavy (non-hydrogen) atoms. The third-order valence-corrected chi connectivity index (χ3v) is 2.61. The summed E-state index contributed by atoms with van der Waals surface area (Å²) in [6.45, 7) is 1.34. The number of benzene rings is 1. The summed E-state index contributed by atoms with van der Waals surface area (Å²) >= 11 is 0. The van der Waals surface area contributed by atoms with E-state index in [-0.39, 0.29) is 12.4 Å². The van der Waals surface area contributed by atoms with Gasteiger partial charge in [0.1, 0.15) is 5.82 Å². The predicted octanol–water partition coefficient (Wildman–Crippen LogP) is 1.61. The van der Waals surface area contributed by atoms with Crippen LogP contribution >= 0.6 is 0 Å². The van der Waals surface area contributed by atoms with Crippen molar-refractivity contribution in [2.75, 3.05) is 19.7 Å². The Kier molecular flexibility index (Phi) is 6.77. The van der Waals surface area contributed by atoms with Gasteiger partial charge >= 0.3 is 0 Å². The van der Waals surface area contributed by atoms with Crippen molar-refractivity contribution in [2.45, 2.75) is 25.4 Å². The summed E-state index contributed by atoms with van der Waals surface area (Å²) < 4.78 is 13.3. The standard InChI is InChI=1S/C13H20FNO2/c14-12-7-3-2-6-11(12)13(17)10-15-8-4-1-5-9-16/h2-3,6-7,13,15-17H,1,4-5,8-10H2. The third kappa shape index (κ3) is 5.26. The molecule has 0 amide bonds. The molecule has 3 nitrogen and oxygen atoms in total. The molecule has 0 bridgehead atoms. The molecule has 1 aromatic rings. The summed E-state index contributed by atoms with van der Waals surface area (Å²) in [6, 6.07) is 6.25. The number of rotatable bonds is 8. The first-order valence-electron chi connectivity index (χ1n) is 5.99. The van der Waals surface area contributed by atoms with Gasteiger partial charge in [-0.05, 0) is 31.9 Å². The van der Waals surface area contributed by atoms with Crippen LogP contribution in [0.2, 0.25) is 0 Å². The second kappa shape index (κ2) is 8.17. The van der Waals surface area contributed by atoms with E-state index in [1.165, 1.54) is 6.07 Å². The fraction of sp³-hybridized carbons (Fsp3) is 0.538. The van der Waals surface area contributed by atoms with Gasteiger partial charge in [0.25, 0.3) is 0 Å². The second-order valence-electron chi connectivity index (χ2n) is 4.03. The zero-order valence-electron chi connectivity index (χ0n) is 9.90. The average Bonchev–Trinajstić information content (AvgIpc) is 2.34. The quantitative estimate of drug-likeness (QED) is 0.606. The molecule has 0 aliphatic rings. The second-order valence-corrected chi connectivity index (χ2v) is 4.03. The van der Waals surface area contributed by atoms with Crippen LogP contribution < -0.4 is 5.32 Å². The molecule has 0 aliphatic heterocycles. The Morgan fingerprint density at radius 2 is 1.94 bits per heavy atom. The molecule has 96 valence electrons. The van der Waals surface area contributed by atoms with E-state index in [1.807, 2.05) is 0 Å². The van der Waals surface area contributed by atoms with Gasteiger partial charge in [-0.1, -0.05) is 18.2 Å². The zero-order chi connectivity index (χ0) is 12.5. The molecule has 1 rings (SSSR count). The van der Waals surface area contributed by atoms with Gasteiger partial charge < -0.3 is 15.5 Å². The minimum Gasteiger partial charge on any atom is -0.396 e. The van der Waals surface area contributed by atoms with Crippen LogP contribution in [0.25, 0.3) is 0 Å². The van der Waals surface area contributed by atoms with Crippen molar-refractivity contribution < 1.29 is 14.6 Å². The van der Waals surface area contributed by atoms with E-state index in [0.29, 0.717) is 12.1 Å². The highest BCUT2D eigenvalue weighted by Crippen LogP contribution is 2.15. The normalized spacial score (nSPS) is 12.6. The highest BCUT2D eigenvalue weighted by molar-refractivity contribution is 5.19. The first-order chi connectivity index (χ1) is 8.25. The average molecular weight is 241 g/mol. The lowest BCUT2D eigenvalue weighted by Gasteiger charge is -2.12. The summed E-state index contributed by atoms with van der Waals surface area (Å²) in [4.78, 5) is 0. The molecule has 0 heterocycles. The van der Waals surface area contributed by atoms with Crippen molar-refractivity contribution in [1.29, 1.82) is 0 Å². The highest BCUT2D eigenvalue weighted by Gasteiger charge is 2.10.